The van der Waals surface area contributed by atoms with Crippen molar-refractivity contribution in [2.24, 2.45) is 16.8 Å². The van der Waals surface area contributed by atoms with Crippen molar-refractivity contribution in [1.82, 2.24) is 15.2 Å². The molecular formula is C23H30N4O3. The van der Waals surface area contributed by atoms with Gasteiger partial charge in [-0.1, -0.05) is 37.3 Å². The van der Waals surface area contributed by atoms with Crippen molar-refractivity contribution in [2.45, 2.75) is 27.0 Å². The third kappa shape index (κ3) is 5.72. The number of ether oxygens (including phenoxy) is 2. The lowest BCUT2D eigenvalue weighted by molar-refractivity contribution is -0.145. The van der Waals surface area contributed by atoms with Crippen LogP contribution in [-0.4, -0.2) is 48.6 Å². The SMILES string of the molecule is CCNC(=NCc1ccnc(OCc2ccccc2)c1)N1CC(C)C(C(=O)OC)C1. The minimum Gasteiger partial charge on any atom is -0.473 e. The second kappa shape index (κ2) is 10.6. The summed E-state index contributed by atoms with van der Waals surface area (Å²) in [4.78, 5) is 23.2. The Morgan fingerprint density at radius 2 is 2.03 bits per heavy atom. The maximum Gasteiger partial charge on any atom is 0.310 e. The number of aliphatic imine (C=N–C) groups is 1. The molecule has 2 aromatic rings. The van der Waals surface area contributed by atoms with E-state index in [2.05, 4.69) is 22.1 Å². The Labute approximate surface area is 178 Å². The molecule has 0 bridgehead atoms. The number of hydrogen-bond acceptors (Lipinski definition) is 5. The predicted molar refractivity (Wildman–Crippen MR) is 116 cm³/mol. The summed E-state index contributed by atoms with van der Waals surface area (Å²) >= 11 is 0. The second-order valence-electron chi connectivity index (χ2n) is 7.46. The van der Waals surface area contributed by atoms with Crippen LogP contribution in [0.5, 0.6) is 5.88 Å². The number of pyridine rings is 1. The van der Waals surface area contributed by atoms with Crippen LogP contribution in [0.4, 0.5) is 0 Å². The van der Waals surface area contributed by atoms with Gasteiger partial charge in [0.1, 0.15) is 6.61 Å². The molecule has 30 heavy (non-hydrogen) atoms. The van der Waals surface area contributed by atoms with Gasteiger partial charge in [0.2, 0.25) is 5.88 Å². The van der Waals surface area contributed by atoms with Gasteiger partial charge >= 0.3 is 5.97 Å². The van der Waals surface area contributed by atoms with Crippen LogP contribution in [0.15, 0.2) is 53.7 Å². The summed E-state index contributed by atoms with van der Waals surface area (Å²) in [5.74, 6) is 1.32. The summed E-state index contributed by atoms with van der Waals surface area (Å²) in [6.45, 7) is 7.23. The maximum absolute atomic E-state index is 12.0. The monoisotopic (exact) mass is 410 g/mol. The van der Waals surface area contributed by atoms with Gasteiger partial charge in [0.15, 0.2) is 5.96 Å². The lowest BCUT2D eigenvalue weighted by atomic mass is 9.99. The number of carbonyl (C=O) groups is 1. The molecule has 1 aliphatic rings. The van der Waals surface area contributed by atoms with E-state index < -0.39 is 0 Å². The maximum atomic E-state index is 12.0. The first-order valence-electron chi connectivity index (χ1n) is 10.3. The van der Waals surface area contributed by atoms with Gasteiger partial charge in [0, 0.05) is 31.9 Å². The smallest absolute Gasteiger partial charge is 0.310 e. The molecule has 7 heteroatoms. The van der Waals surface area contributed by atoms with Crippen molar-refractivity contribution in [3.63, 3.8) is 0 Å². The van der Waals surface area contributed by atoms with Gasteiger partial charge in [-0.15, -0.1) is 0 Å². The predicted octanol–water partition coefficient (Wildman–Crippen LogP) is 2.87. The molecule has 2 unspecified atom stereocenters. The summed E-state index contributed by atoms with van der Waals surface area (Å²) in [7, 11) is 1.44. The fourth-order valence-corrected chi connectivity index (χ4v) is 3.55. The van der Waals surface area contributed by atoms with E-state index in [1.54, 1.807) is 6.20 Å². The molecular weight excluding hydrogens is 380 g/mol. The Hall–Kier alpha value is -3.09. The number of methoxy groups -OCH3 is 1. The molecule has 0 radical (unpaired) electrons. The first kappa shape index (κ1) is 21.6. The normalized spacial score (nSPS) is 18.9. The highest BCUT2D eigenvalue weighted by Crippen LogP contribution is 2.24. The molecule has 7 nitrogen and oxygen atoms in total. The molecule has 0 spiro atoms. The van der Waals surface area contributed by atoms with E-state index in [0.717, 1.165) is 30.2 Å². The Kier molecular flexibility index (Phi) is 7.65. The lowest BCUT2D eigenvalue weighted by Crippen LogP contribution is -2.40. The van der Waals surface area contributed by atoms with Crippen molar-refractivity contribution < 1.29 is 14.3 Å². The number of likely N-dealkylation sites (tertiary alicyclic amines) is 1. The summed E-state index contributed by atoms with van der Waals surface area (Å²) in [6.07, 6.45) is 1.74. The quantitative estimate of drug-likeness (QED) is 0.430. The van der Waals surface area contributed by atoms with E-state index in [1.165, 1.54) is 7.11 Å². The number of nitrogens with zero attached hydrogens (tertiary/aromatic N) is 3. The summed E-state index contributed by atoms with van der Waals surface area (Å²) in [6, 6.07) is 13.9. The average Bonchev–Trinajstić information content (AvgIpc) is 3.17. The van der Waals surface area contributed by atoms with Gasteiger partial charge in [0.25, 0.3) is 0 Å². The van der Waals surface area contributed by atoms with E-state index >= 15 is 0 Å². The number of benzene rings is 1. The van der Waals surface area contributed by atoms with Gasteiger partial charge in [-0.3, -0.25) is 4.79 Å². The van der Waals surface area contributed by atoms with E-state index in [1.807, 2.05) is 49.4 Å². The molecule has 3 rings (SSSR count). The van der Waals surface area contributed by atoms with Crippen LogP contribution in [0.2, 0.25) is 0 Å². The third-order valence-electron chi connectivity index (χ3n) is 5.19. The van der Waals surface area contributed by atoms with E-state index in [0.29, 0.717) is 25.6 Å². The van der Waals surface area contributed by atoms with E-state index in [9.17, 15) is 4.79 Å². The van der Waals surface area contributed by atoms with Crippen LogP contribution in [0.3, 0.4) is 0 Å². The highest BCUT2D eigenvalue weighted by Gasteiger charge is 2.36. The van der Waals surface area contributed by atoms with Gasteiger partial charge < -0.3 is 19.7 Å². The average molecular weight is 411 g/mol. The summed E-state index contributed by atoms with van der Waals surface area (Å²) in [5, 5.41) is 3.33. The second-order valence-corrected chi connectivity index (χ2v) is 7.46. The van der Waals surface area contributed by atoms with Gasteiger partial charge in [0.05, 0.1) is 19.6 Å². The zero-order valence-electron chi connectivity index (χ0n) is 17.9. The topological polar surface area (TPSA) is 76.1 Å². The van der Waals surface area contributed by atoms with Gasteiger partial charge in [-0.25, -0.2) is 9.98 Å². The zero-order chi connectivity index (χ0) is 21.3. The van der Waals surface area contributed by atoms with Crippen molar-refractivity contribution in [1.29, 1.82) is 0 Å². The summed E-state index contributed by atoms with van der Waals surface area (Å²) in [5.41, 5.74) is 2.11. The molecule has 0 amide bonds. The van der Waals surface area contributed by atoms with Crippen LogP contribution in [0.1, 0.15) is 25.0 Å². The van der Waals surface area contributed by atoms with Crippen LogP contribution in [0, 0.1) is 11.8 Å². The molecule has 1 aromatic heterocycles. The fraction of sp³-hybridized carbons (Fsp3) is 0.435. The number of rotatable bonds is 7. The first-order valence-corrected chi connectivity index (χ1v) is 10.3. The minimum absolute atomic E-state index is 0.127. The Morgan fingerprint density at radius 3 is 2.77 bits per heavy atom. The van der Waals surface area contributed by atoms with E-state index in [4.69, 9.17) is 14.5 Å². The molecule has 1 aromatic carbocycles. The molecule has 2 atom stereocenters. The standard InChI is InChI=1S/C23H30N4O3/c1-4-24-23(27-14-17(2)20(15-27)22(28)29-3)26-13-19-10-11-25-21(12-19)30-16-18-8-6-5-7-9-18/h5-12,17,20H,4,13-16H2,1-3H3,(H,24,26). The molecule has 0 aliphatic carbocycles. The number of aromatic nitrogens is 1. The van der Waals surface area contributed by atoms with E-state index in [-0.39, 0.29) is 17.8 Å². The number of carbonyl (C=O) groups excluding carboxylic acids is 1. The van der Waals surface area contributed by atoms with Gasteiger partial charge in [-0.05, 0) is 30.0 Å². The molecule has 0 saturated carbocycles. The highest BCUT2D eigenvalue weighted by molar-refractivity contribution is 5.82. The van der Waals surface area contributed by atoms with Crippen molar-refractivity contribution in [3.05, 3.63) is 59.8 Å². The Morgan fingerprint density at radius 1 is 1.23 bits per heavy atom. The lowest BCUT2D eigenvalue weighted by Gasteiger charge is -2.21. The number of guanidine groups is 1. The zero-order valence-corrected chi connectivity index (χ0v) is 17.9. The molecule has 2 heterocycles. The number of nitrogens with one attached hydrogen (secondary N) is 1. The van der Waals surface area contributed by atoms with Crippen LogP contribution < -0.4 is 10.1 Å². The van der Waals surface area contributed by atoms with Crippen molar-refractivity contribution >= 4 is 11.9 Å². The van der Waals surface area contributed by atoms with Crippen LogP contribution in [0.25, 0.3) is 0 Å². The highest BCUT2D eigenvalue weighted by atomic mass is 16.5. The van der Waals surface area contributed by atoms with Gasteiger partial charge in [-0.2, -0.15) is 0 Å². The van der Waals surface area contributed by atoms with Crippen molar-refractivity contribution in [3.8, 4) is 5.88 Å². The molecule has 1 fully saturated rings. The molecule has 1 aliphatic heterocycles. The fourth-order valence-electron chi connectivity index (χ4n) is 3.55. The first-order chi connectivity index (χ1) is 14.6. The summed E-state index contributed by atoms with van der Waals surface area (Å²) < 4.78 is 10.8. The Balaban J connectivity index is 1.64. The minimum atomic E-state index is -0.157. The largest absolute Gasteiger partial charge is 0.473 e. The van der Waals surface area contributed by atoms with Crippen molar-refractivity contribution in [2.75, 3.05) is 26.7 Å². The number of esters is 1. The Bertz CT molecular complexity index is 857. The molecule has 160 valence electrons. The third-order valence-corrected chi connectivity index (χ3v) is 5.19. The molecule has 1 N–H and O–H groups in total. The molecule has 1 saturated heterocycles. The van der Waals surface area contributed by atoms with Crippen LogP contribution in [-0.2, 0) is 22.7 Å². The van der Waals surface area contributed by atoms with Crippen LogP contribution >= 0.6 is 0 Å². The number of hydrogen-bond donors (Lipinski definition) is 1.